The van der Waals surface area contributed by atoms with Crippen molar-refractivity contribution in [3.8, 4) is 0 Å². The Balaban J connectivity index is 1.94. The Morgan fingerprint density at radius 3 is 3.08 bits per heavy atom. The van der Waals surface area contributed by atoms with Crippen molar-refractivity contribution in [2.24, 2.45) is 0 Å². The van der Waals surface area contributed by atoms with E-state index in [2.05, 4.69) is 20.3 Å². The molecule has 2 N–H and O–H groups in total. The molecule has 0 aliphatic rings. The molecule has 0 unspecified atom stereocenters. The lowest BCUT2D eigenvalue weighted by Crippen LogP contribution is -2.00. The highest BCUT2D eigenvalue weighted by Gasteiger charge is 1.93. The van der Waals surface area contributed by atoms with Crippen LogP contribution in [0.4, 0.5) is 5.69 Å². The van der Waals surface area contributed by atoms with Gasteiger partial charge in [0.05, 0.1) is 12.2 Å². The highest BCUT2D eigenvalue weighted by Crippen LogP contribution is 2.03. The van der Waals surface area contributed by atoms with Crippen molar-refractivity contribution in [2.75, 3.05) is 5.32 Å². The van der Waals surface area contributed by atoms with Crippen LogP contribution < -0.4 is 5.32 Å². The first kappa shape index (κ1) is 7.79. The minimum atomic E-state index is 0.693. The summed E-state index contributed by atoms with van der Waals surface area (Å²) in [4.78, 5) is 11.1. The van der Waals surface area contributed by atoms with E-state index in [4.69, 9.17) is 0 Å². The fourth-order valence-corrected chi connectivity index (χ4v) is 1.05. The Bertz CT molecular complexity index is 341. The Morgan fingerprint density at radius 1 is 1.38 bits per heavy atom. The Labute approximate surface area is 76.1 Å². The maximum absolute atomic E-state index is 4.09. The van der Waals surface area contributed by atoms with Gasteiger partial charge in [0.15, 0.2) is 0 Å². The molecule has 0 radical (unpaired) electrons. The number of hydrogen-bond donors (Lipinski definition) is 2. The summed E-state index contributed by atoms with van der Waals surface area (Å²) in [7, 11) is 0. The molecule has 2 rings (SSSR count). The number of anilines is 1. The van der Waals surface area contributed by atoms with Gasteiger partial charge in [0, 0.05) is 24.8 Å². The first-order valence-electron chi connectivity index (χ1n) is 4.07. The van der Waals surface area contributed by atoms with Gasteiger partial charge in [-0.25, -0.2) is 4.98 Å². The standard InChI is InChI=1S/C9H10N4/c1-2-8(6-10-3-1)13-7-9-11-4-5-12-9/h1-6,13H,7H2,(H,11,12). The second-order valence-corrected chi connectivity index (χ2v) is 2.63. The van der Waals surface area contributed by atoms with Crippen LogP contribution in [0.15, 0.2) is 36.9 Å². The predicted molar refractivity (Wildman–Crippen MR) is 50.2 cm³/mol. The Morgan fingerprint density at radius 2 is 2.38 bits per heavy atom. The van der Waals surface area contributed by atoms with E-state index >= 15 is 0 Å². The molecule has 0 amide bonds. The van der Waals surface area contributed by atoms with Gasteiger partial charge in [-0.1, -0.05) is 0 Å². The molecule has 2 heterocycles. The number of hydrogen-bond acceptors (Lipinski definition) is 3. The zero-order chi connectivity index (χ0) is 8.93. The molecule has 4 heteroatoms. The number of aromatic amines is 1. The third kappa shape index (κ3) is 2.05. The van der Waals surface area contributed by atoms with E-state index in [1.54, 1.807) is 24.8 Å². The summed E-state index contributed by atoms with van der Waals surface area (Å²) in [6.45, 7) is 0.693. The van der Waals surface area contributed by atoms with Crippen molar-refractivity contribution in [3.63, 3.8) is 0 Å². The first-order chi connectivity index (χ1) is 6.45. The number of H-pyrrole nitrogens is 1. The van der Waals surface area contributed by atoms with Crippen molar-refractivity contribution < 1.29 is 0 Å². The maximum atomic E-state index is 4.09. The van der Waals surface area contributed by atoms with Crippen LogP contribution in [0.1, 0.15) is 5.82 Å². The van der Waals surface area contributed by atoms with Gasteiger partial charge >= 0.3 is 0 Å². The summed E-state index contributed by atoms with van der Waals surface area (Å²) in [5.74, 6) is 0.920. The summed E-state index contributed by atoms with van der Waals surface area (Å²) in [6, 6.07) is 3.86. The summed E-state index contributed by atoms with van der Waals surface area (Å²) in [5.41, 5.74) is 0.999. The van der Waals surface area contributed by atoms with Crippen molar-refractivity contribution in [1.29, 1.82) is 0 Å². The van der Waals surface area contributed by atoms with Gasteiger partial charge < -0.3 is 10.3 Å². The molecule has 0 saturated heterocycles. The van der Waals surface area contributed by atoms with Gasteiger partial charge in [0.1, 0.15) is 5.82 Å². The summed E-state index contributed by atoms with van der Waals surface area (Å²) >= 11 is 0. The van der Waals surface area contributed by atoms with Crippen LogP contribution in [-0.4, -0.2) is 15.0 Å². The first-order valence-corrected chi connectivity index (χ1v) is 4.07. The van der Waals surface area contributed by atoms with Crippen LogP contribution in [0, 0.1) is 0 Å². The smallest absolute Gasteiger partial charge is 0.125 e. The average molecular weight is 174 g/mol. The van der Waals surface area contributed by atoms with Crippen LogP contribution in [0.25, 0.3) is 0 Å². The molecule has 0 aliphatic carbocycles. The van der Waals surface area contributed by atoms with Crippen LogP contribution >= 0.6 is 0 Å². The van der Waals surface area contributed by atoms with E-state index in [-0.39, 0.29) is 0 Å². The van der Waals surface area contributed by atoms with Gasteiger partial charge in [-0.15, -0.1) is 0 Å². The lowest BCUT2D eigenvalue weighted by Gasteiger charge is -2.01. The minimum Gasteiger partial charge on any atom is -0.377 e. The molecule has 2 aromatic heterocycles. The largest absolute Gasteiger partial charge is 0.377 e. The molecule has 0 aliphatic heterocycles. The predicted octanol–water partition coefficient (Wildman–Crippen LogP) is 1.42. The number of aromatic nitrogens is 3. The molecule has 0 saturated carbocycles. The summed E-state index contributed by atoms with van der Waals surface area (Å²) < 4.78 is 0. The molecule has 66 valence electrons. The van der Waals surface area contributed by atoms with Gasteiger partial charge in [0.2, 0.25) is 0 Å². The van der Waals surface area contributed by atoms with Gasteiger partial charge in [0.25, 0.3) is 0 Å². The van der Waals surface area contributed by atoms with Crippen LogP contribution in [0.5, 0.6) is 0 Å². The number of rotatable bonds is 3. The lowest BCUT2D eigenvalue weighted by molar-refractivity contribution is 0.997. The average Bonchev–Trinajstić information content (AvgIpc) is 2.69. The van der Waals surface area contributed by atoms with E-state index in [0.29, 0.717) is 6.54 Å². The van der Waals surface area contributed by atoms with Gasteiger partial charge in [-0.2, -0.15) is 0 Å². The van der Waals surface area contributed by atoms with Crippen molar-refractivity contribution in [1.82, 2.24) is 15.0 Å². The van der Waals surface area contributed by atoms with E-state index < -0.39 is 0 Å². The molecule has 0 fully saturated rings. The Kier molecular flexibility index (Phi) is 2.22. The monoisotopic (exact) mass is 174 g/mol. The van der Waals surface area contributed by atoms with E-state index in [1.165, 1.54) is 0 Å². The van der Waals surface area contributed by atoms with Crippen LogP contribution in [-0.2, 0) is 6.54 Å². The molecule has 0 aromatic carbocycles. The fourth-order valence-electron chi connectivity index (χ4n) is 1.05. The quantitative estimate of drug-likeness (QED) is 0.739. The number of imidazole rings is 1. The molecular formula is C9H10N4. The highest BCUT2D eigenvalue weighted by molar-refractivity contribution is 5.39. The number of pyridine rings is 1. The summed E-state index contributed by atoms with van der Waals surface area (Å²) in [5, 5.41) is 3.19. The normalized spacial score (nSPS) is 9.85. The fraction of sp³-hybridized carbons (Fsp3) is 0.111. The highest BCUT2D eigenvalue weighted by atomic mass is 15.0. The van der Waals surface area contributed by atoms with Gasteiger partial charge in [-0.3, -0.25) is 4.98 Å². The third-order valence-corrected chi connectivity index (χ3v) is 1.68. The topological polar surface area (TPSA) is 53.6 Å². The molecular weight excluding hydrogens is 164 g/mol. The van der Waals surface area contributed by atoms with Gasteiger partial charge in [-0.05, 0) is 12.1 Å². The molecule has 0 spiro atoms. The molecule has 0 bridgehead atoms. The number of nitrogens with one attached hydrogen (secondary N) is 2. The molecule has 2 aromatic rings. The van der Waals surface area contributed by atoms with E-state index in [9.17, 15) is 0 Å². The third-order valence-electron chi connectivity index (χ3n) is 1.68. The van der Waals surface area contributed by atoms with Crippen molar-refractivity contribution in [2.45, 2.75) is 6.54 Å². The molecule has 4 nitrogen and oxygen atoms in total. The molecule has 0 atom stereocenters. The second kappa shape index (κ2) is 3.71. The van der Waals surface area contributed by atoms with Crippen LogP contribution in [0.2, 0.25) is 0 Å². The SMILES string of the molecule is c1cncc(NCc2ncc[nH]2)c1. The van der Waals surface area contributed by atoms with Crippen molar-refractivity contribution >= 4 is 5.69 Å². The van der Waals surface area contributed by atoms with Crippen molar-refractivity contribution in [3.05, 3.63) is 42.7 Å². The zero-order valence-electron chi connectivity index (χ0n) is 7.07. The maximum Gasteiger partial charge on any atom is 0.125 e. The number of nitrogens with zero attached hydrogens (tertiary/aromatic N) is 2. The zero-order valence-corrected chi connectivity index (χ0v) is 7.07. The minimum absolute atomic E-state index is 0.693. The summed E-state index contributed by atoms with van der Waals surface area (Å²) in [6.07, 6.45) is 7.07. The second-order valence-electron chi connectivity index (χ2n) is 2.63. The van der Waals surface area contributed by atoms with E-state index in [0.717, 1.165) is 11.5 Å². The Hall–Kier alpha value is -1.84. The van der Waals surface area contributed by atoms with Crippen LogP contribution in [0.3, 0.4) is 0 Å². The lowest BCUT2D eigenvalue weighted by atomic mass is 10.4. The molecule has 13 heavy (non-hydrogen) atoms. The van der Waals surface area contributed by atoms with E-state index in [1.807, 2.05) is 12.1 Å².